The number of hydrogen-bond acceptors (Lipinski definition) is 4. The van der Waals surface area contributed by atoms with Crippen LogP contribution in [0.5, 0.6) is 0 Å². The molecule has 0 saturated carbocycles. The molecule has 1 aromatic heterocycles. The Kier molecular flexibility index (Phi) is 3.65. The van der Waals surface area contributed by atoms with Gasteiger partial charge in [-0.05, 0) is 18.2 Å². The maximum Gasteiger partial charge on any atom is 0.323 e. The molecule has 0 unspecified atom stereocenters. The van der Waals surface area contributed by atoms with E-state index in [0.29, 0.717) is 5.39 Å². The fraction of sp³-hybridized carbons (Fsp3) is 0.167. The monoisotopic (exact) mass is 276 g/mol. The largest absolute Gasteiger partial charge is 0.480 e. The predicted octanol–water partition coefficient (Wildman–Crippen LogP) is -0.425. The molecule has 20 heavy (non-hydrogen) atoms. The molecule has 4 N–H and O–H groups in total. The third kappa shape index (κ3) is 2.91. The smallest absolute Gasteiger partial charge is 0.323 e. The lowest BCUT2D eigenvalue weighted by Gasteiger charge is -2.18. The van der Waals surface area contributed by atoms with Crippen LogP contribution in [0.2, 0.25) is 0 Å². The summed E-state index contributed by atoms with van der Waals surface area (Å²) < 4.78 is 0. The van der Waals surface area contributed by atoms with Crippen molar-refractivity contribution in [2.24, 2.45) is 5.73 Å². The first-order valence-corrected chi connectivity index (χ1v) is 5.70. The highest BCUT2D eigenvalue weighted by Gasteiger charge is 2.20. The molecule has 0 saturated heterocycles. The number of carboxylic acids is 1. The molecule has 0 bridgehead atoms. The minimum Gasteiger partial charge on any atom is -0.480 e. The van der Waals surface area contributed by atoms with Gasteiger partial charge in [-0.3, -0.25) is 19.5 Å². The number of aromatic amines is 1. The van der Waals surface area contributed by atoms with Gasteiger partial charge in [0.15, 0.2) is 0 Å². The Labute approximate surface area is 113 Å². The number of amides is 2. The van der Waals surface area contributed by atoms with Crippen molar-refractivity contribution in [3.8, 4) is 0 Å². The number of nitrogens with one attached hydrogen (secondary N) is 1. The van der Waals surface area contributed by atoms with Crippen molar-refractivity contribution in [3.63, 3.8) is 0 Å². The van der Waals surface area contributed by atoms with Crippen molar-refractivity contribution in [1.29, 1.82) is 0 Å². The summed E-state index contributed by atoms with van der Waals surface area (Å²) in [4.78, 5) is 34.7. The van der Waals surface area contributed by atoms with Crippen LogP contribution in [0, 0.1) is 0 Å². The number of carboxylic acid groups (broad SMARTS) is 1. The zero-order valence-electron chi connectivity index (χ0n) is 10.4. The average molecular weight is 276 g/mol. The quantitative estimate of drug-likeness (QED) is 0.682. The summed E-state index contributed by atoms with van der Waals surface area (Å²) in [5.41, 5.74) is 6.03. The molecule has 0 aliphatic carbocycles. The van der Waals surface area contributed by atoms with Crippen LogP contribution in [-0.4, -0.2) is 51.1 Å². The van der Waals surface area contributed by atoms with E-state index >= 15 is 0 Å². The third-order valence-electron chi connectivity index (χ3n) is 2.65. The van der Waals surface area contributed by atoms with Gasteiger partial charge in [-0.15, -0.1) is 0 Å². The van der Waals surface area contributed by atoms with Gasteiger partial charge in [-0.1, -0.05) is 0 Å². The van der Waals surface area contributed by atoms with Gasteiger partial charge in [-0.25, -0.2) is 0 Å². The summed E-state index contributed by atoms with van der Waals surface area (Å²) in [6.45, 7) is -1.04. The highest BCUT2D eigenvalue weighted by Crippen LogP contribution is 2.14. The van der Waals surface area contributed by atoms with Gasteiger partial charge < -0.3 is 15.7 Å². The molecule has 1 aromatic carbocycles. The van der Waals surface area contributed by atoms with Crippen LogP contribution in [0.25, 0.3) is 10.9 Å². The number of fused-ring (bicyclic) bond motifs is 1. The first kappa shape index (κ1) is 13.5. The normalized spacial score (nSPS) is 10.4. The lowest BCUT2D eigenvalue weighted by molar-refractivity contribution is -0.138. The molecule has 0 spiro atoms. The van der Waals surface area contributed by atoms with Crippen molar-refractivity contribution in [2.75, 3.05) is 13.1 Å². The van der Waals surface area contributed by atoms with Gasteiger partial charge in [0, 0.05) is 10.9 Å². The second-order valence-electron chi connectivity index (χ2n) is 4.19. The van der Waals surface area contributed by atoms with Crippen molar-refractivity contribution in [2.45, 2.75) is 0 Å². The summed E-state index contributed by atoms with van der Waals surface area (Å²) in [5, 5.41) is 16.0. The topological polar surface area (TPSA) is 129 Å². The highest BCUT2D eigenvalue weighted by atomic mass is 16.4. The van der Waals surface area contributed by atoms with Gasteiger partial charge >= 0.3 is 5.97 Å². The van der Waals surface area contributed by atoms with Gasteiger partial charge in [0.1, 0.15) is 13.1 Å². The molecule has 2 amide bonds. The van der Waals surface area contributed by atoms with Gasteiger partial charge in [0.2, 0.25) is 5.91 Å². The zero-order valence-corrected chi connectivity index (χ0v) is 10.4. The second kappa shape index (κ2) is 5.39. The Bertz CT molecular complexity index is 663. The number of carbonyl (C=O) groups is 3. The standard InChI is InChI=1S/C12H12N4O4/c13-10(17)5-16(6-11(18)19)12(20)7-1-2-9-8(3-7)4-14-15-9/h1-4H,5-6H2,(H2,13,17)(H,14,15)(H,18,19). The third-order valence-corrected chi connectivity index (χ3v) is 2.65. The minimum absolute atomic E-state index is 0.265. The van der Waals surface area contributed by atoms with Crippen LogP contribution in [0.1, 0.15) is 10.4 Å². The van der Waals surface area contributed by atoms with E-state index in [4.69, 9.17) is 10.8 Å². The first-order valence-electron chi connectivity index (χ1n) is 5.70. The van der Waals surface area contributed by atoms with E-state index in [-0.39, 0.29) is 5.56 Å². The van der Waals surface area contributed by atoms with Gasteiger partial charge in [0.25, 0.3) is 5.91 Å². The SMILES string of the molecule is NC(=O)CN(CC(=O)O)C(=O)c1ccc2[nH]ncc2c1. The first-order chi connectivity index (χ1) is 9.47. The lowest BCUT2D eigenvalue weighted by Crippen LogP contribution is -2.41. The molecule has 0 fully saturated rings. The molecule has 104 valence electrons. The summed E-state index contributed by atoms with van der Waals surface area (Å²) >= 11 is 0. The molecule has 1 heterocycles. The van der Waals surface area contributed by atoms with Crippen LogP contribution in [0.15, 0.2) is 24.4 Å². The Hall–Kier alpha value is -2.90. The molecule has 0 aliphatic rings. The fourth-order valence-electron chi connectivity index (χ4n) is 1.81. The van der Waals surface area contributed by atoms with E-state index in [0.717, 1.165) is 10.4 Å². The van der Waals surface area contributed by atoms with Crippen LogP contribution < -0.4 is 5.73 Å². The number of primary amides is 1. The number of nitrogens with two attached hydrogens (primary N) is 1. The van der Waals surface area contributed by atoms with E-state index in [1.165, 1.54) is 6.07 Å². The minimum atomic E-state index is -1.22. The van der Waals surface area contributed by atoms with Crippen molar-refractivity contribution >= 4 is 28.7 Å². The Morgan fingerprint density at radius 3 is 2.70 bits per heavy atom. The molecule has 0 radical (unpaired) electrons. The maximum atomic E-state index is 12.2. The molecule has 0 aliphatic heterocycles. The number of hydrogen-bond donors (Lipinski definition) is 3. The molecule has 0 atom stereocenters. The van der Waals surface area contributed by atoms with E-state index in [9.17, 15) is 14.4 Å². The summed E-state index contributed by atoms with van der Waals surface area (Å²) in [5.74, 6) is -2.57. The number of aliphatic carboxylic acids is 1. The maximum absolute atomic E-state index is 12.2. The molecule has 8 heteroatoms. The van der Waals surface area contributed by atoms with Crippen LogP contribution in [-0.2, 0) is 9.59 Å². The van der Waals surface area contributed by atoms with Crippen LogP contribution >= 0.6 is 0 Å². The van der Waals surface area contributed by atoms with E-state index in [1.807, 2.05) is 0 Å². The summed E-state index contributed by atoms with van der Waals surface area (Å²) in [7, 11) is 0. The van der Waals surface area contributed by atoms with E-state index in [1.54, 1.807) is 18.3 Å². The van der Waals surface area contributed by atoms with E-state index in [2.05, 4.69) is 10.2 Å². The van der Waals surface area contributed by atoms with Crippen molar-refractivity contribution in [3.05, 3.63) is 30.0 Å². The number of aromatic nitrogens is 2. The molecule has 8 nitrogen and oxygen atoms in total. The Morgan fingerprint density at radius 2 is 2.05 bits per heavy atom. The van der Waals surface area contributed by atoms with Crippen molar-refractivity contribution in [1.82, 2.24) is 15.1 Å². The molecule has 2 aromatic rings. The summed E-state index contributed by atoms with van der Waals surface area (Å²) in [6.07, 6.45) is 1.54. The average Bonchev–Trinajstić information content (AvgIpc) is 2.83. The number of rotatable bonds is 5. The van der Waals surface area contributed by atoms with Gasteiger partial charge in [-0.2, -0.15) is 5.10 Å². The highest BCUT2D eigenvalue weighted by molar-refractivity contribution is 6.00. The predicted molar refractivity (Wildman–Crippen MR) is 68.8 cm³/mol. The van der Waals surface area contributed by atoms with E-state index < -0.39 is 30.9 Å². The van der Waals surface area contributed by atoms with Gasteiger partial charge in [0.05, 0.1) is 11.7 Å². The number of H-pyrrole nitrogens is 1. The second-order valence-corrected chi connectivity index (χ2v) is 4.19. The van der Waals surface area contributed by atoms with Crippen LogP contribution in [0.4, 0.5) is 0 Å². The molecule has 2 rings (SSSR count). The molecular weight excluding hydrogens is 264 g/mol. The number of carbonyl (C=O) groups excluding carboxylic acids is 2. The van der Waals surface area contributed by atoms with Crippen molar-refractivity contribution < 1.29 is 19.5 Å². The summed E-state index contributed by atoms with van der Waals surface area (Å²) in [6, 6.07) is 4.74. The zero-order chi connectivity index (χ0) is 14.7. The van der Waals surface area contributed by atoms with Crippen LogP contribution in [0.3, 0.4) is 0 Å². The molecular formula is C12H12N4O4. The number of nitrogens with zero attached hydrogens (tertiary/aromatic N) is 2. The lowest BCUT2D eigenvalue weighted by atomic mass is 10.1. The number of benzene rings is 1. The fourth-order valence-corrected chi connectivity index (χ4v) is 1.81. The Balaban J connectivity index is 2.29. The Morgan fingerprint density at radius 1 is 1.30 bits per heavy atom.